The zero-order valence-corrected chi connectivity index (χ0v) is 18.8. The van der Waals surface area contributed by atoms with E-state index in [0.29, 0.717) is 17.7 Å². The molecule has 0 fully saturated rings. The molecule has 2 rings (SSSR count). The van der Waals surface area contributed by atoms with Crippen LogP contribution in [0.2, 0.25) is 0 Å². The lowest BCUT2D eigenvalue weighted by Gasteiger charge is -2.32. The summed E-state index contributed by atoms with van der Waals surface area (Å²) in [7, 11) is 0. The molecule has 12 heteroatoms. The van der Waals surface area contributed by atoms with Crippen molar-refractivity contribution in [3.05, 3.63) is 61.7 Å². The number of nitrogens with zero attached hydrogens (tertiary/aromatic N) is 6. The summed E-state index contributed by atoms with van der Waals surface area (Å²) in [6.45, 7) is 3.34. The first-order valence-corrected chi connectivity index (χ1v) is 10.5. The third kappa shape index (κ3) is 6.71. The number of ether oxygens (including phenoxy) is 2. The van der Waals surface area contributed by atoms with Crippen LogP contribution in [0.1, 0.15) is 38.2 Å². The number of non-ortho nitro benzene ring substituents is 1. The van der Waals surface area contributed by atoms with Gasteiger partial charge in [0.15, 0.2) is 0 Å². The maximum atomic E-state index is 13.1. The number of carbonyl (C=O) groups excluding carboxylic acids is 2. The van der Waals surface area contributed by atoms with Crippen LogP contribution in [0.3, 0.4) is 0 Å². The minimum absolute atomic E-state index is 0.00903. The Morgan fingerprint density at radius 1 is 1.32 bits per heavy atom. The zero-order chi connectivity index (χ0) is 25.1. The molecule has 0 saturated carbocycles. The highest BCUT2D eigenvalue weighted by Crippen LogP contribution is 2.40. The van der Waals surface area contributed by atoms with Gasteiger partial charge < -0.3 is 9.47 Å². The summed E-state index contributed by atoms with van der Waals surface area (Å²) in [6.07, 6.45) is 0.453. The highest BCUT2D eigenvalue weighted by Gasteiger charge is 2.41. The molecule has 0 N–H and O–H groups in total. The van der Waals surface area contributed by atoms with Gasteiger partial charge in [0.05, 0.1) is 41.2 Å². The first-order chi connectivity index (χ1) is 16.3. The fraction of sp³-hybridized carbons (Fsp3) is 0.455. The molecule has 178 valence electrons. The Balaban J connectivity index is 2.50. The molecule has 34 heavy (non-hydrogen) atoms. The van der Waals surface area contributed by atoms with Crippen molar-refractivity contribution in [3.63, 3.8) is 0 Å². The minimum Gasteiger partial charge on any atom is -0.461 e. The summed E-state index contributed by atoms with van der Waals surface area (Å²) < 4.78 is 10.9. The van der Waals surface area contributed by atoms with E-state index in [-0.39, 0.29) is 55.5 Å². The van der Waals surface area contributed by atoms with E-state index in [4.69, 9.17) is 20.3 Å². The fourth-order valence-electron chi connectivity index (χ4n) is 3.69. The Kier molecular flexibility index (Phi) is 9.89. The molecule has 0 amide bonds. The SMILES string of the molecule is CC(=O)C1C(C)=NC(COCCCN=[N+]=[N-])=C(C(=O)OCCC#N)C1c1ccc([N+](=O)[O-])cc1. The zero-order valence-electron chi connectivity index (χ0n) is 18.8. The number of aliphatic imine (C=N–C) groups is 1. The maximum Gasteiger partial charge on any atom is 0.336 e. The van der Waals surface area contributed by atoms with Crippen LogP contribution in [-0.4, -0.2) is 48.8 Å². The average Bonchev–Trinajstić information content (AvgIpc) is 2.80. The fourth-order valence-corrected chi connectivity index (χ4v) is 3.69. The summed E-state index contributed by atoms with van der Waals surface area (Å²) in [5.41, 5.74) is 9.57. The third-order valence-corrected chi connectivity index (χ3v) is 5.13. The van der Waals surface area contributed by atoms with Crippen molar-refractivity contribution in [2.24, 2.45) is 16.0 Å². The largest absolute Gasteiger partial charge is 0.461 e. The standard InChI is InChI=1S/C22H24N6O6/c1-14-19(15(2)29)20(16-5-7-17(8-6-16)28(31)32)21(22(30)34-12-3-9-23)18(26-14)13-33-11-4-10-25-27-24/h5-8,19-20H,3-4,10-13H2,1-2H3. The van der Waals surface area contributed by atoms with Gasteiger partial charge in [-0.25, -0.2) is 4.79 Å². The van der Waals surface area contributed by atoms with Crippen LogP contribution in [-0.2, 0) is 19.1 Å². The van der Waals surface area contributed by atoms with Gasteiger partial charge in [0.25, 0.3) is 5.69 Å². The topological polar surface area (TPSA) is 181 Å². The number of benzene rings is 1. The van der Waals surface area contributed by atoms with Gasteiger partial charge in [-0.15, -0.1) is 0 Å². The van der Waals surface area contributed by atoms with Gasteiger partial charge in [-0.3, -0.25) is 19.9 Å². The molecule has 0 spiro atoms. The second-order valence-electron chi connectivity index (χ2n) is 7.43. The van der Waals surface area contributed by atoms with Crippen LogP contribution in [0.5, 0.6) is 0 Å². The summed E-state index contributed by atoms with van der Waals surface area (Å²) in [6, 6.07) is 7.50. The monoisotopic (exact) mass is 468 g/mol. The minimum atomic E-state index is -0.799. The van der Waals surface area contributed by atoms with Crippen molar-refractivity contribution in [2.75, 3.05) is 26.4 Å². The number of esters is 1. The molecule has 0 saturated heterocycles. The van der Waals surface area contributed by atoms with Crippen molar-refractivity contribution in [1.29, 1.82) is 5.26 Å². The van der Waals surface area contributed by atoms with Crippen LogP contribution in [0.15, 0.2) is 45.6 Å². The molecule has 2 atom stereocenters. The van der Waals surface area contributed by atoms with Gasteiger partial charge in [0.1, 0.15) is 12.4 Å². The van der Waals surface area contributed by atoms with E-state index in [9.17, 15) is 19.7 Å². The van der Waals surface area contributed by atoms with E-state index < -0.39 is 22.7 Å². The van der Waals surface area contributed by atoms with E-state index in [1.54, 1.807) is 6.92 Å². The number of nitro benzene ring substituents is 1. The Bertz CT molecular complexity index is 1080. The molecule has 1 aromatic rings. The molecule has 1 aliphatic heterocycles. The van der Waals surface area contributed by atoms with Gasteiger partial charge in [-0.2, -0.15) is 5.26 Å². The summed E-state index contributed by atoms with van der Waals surface area (Å²) in [5.74, 6) is -2.56. The predicted molar refractivity (Wildman–Crippen MR) is 121 cm³/mol. The van der Waals surface area contributed by atoms with Crippen molar-refractivity contribution >= 4 is 23.2 Å². The second-order valence-corrected chi connectivity index (χ2v) is 7.43. The van der Waals surface area contributed by atoms with Gasteiger partial charge >= 0.3 is 5.97 Å². The third-order valence-electron chi connectivity index (χ3n) is 5.13. The van der Waals surface area contributed by atoms with Crippen LogP contribution in [0.25, 0.3) is 10.4 Å². The highest BCUT2D eigenvalue weighted by atomic mass is 16.6. The molecule has 0 aliphatic carbocycles. The lowest BCUT2D eigenvalue weighted by atomic mass is 9.74. The molecule has 12 nitrogen and oxygen atoms in total. The predicted octanol–water partition coefficient (Wildman–Crippen LogP) is 3.79. The van der Waals surface area contributed by atoms with E-state index in [1.807, 2.05) is 6.07 Å². The lowest BCUT2D eigenvalue weighted by molar-refractivity contribution is -0.384. The number of carbonyl (C=O) groups is 2. The summed E-state index contributed by atoms with van der Waals surface area (Å²) in [4.78, 5) is 43.4. The normalized spacial score (nSPS) is 17.3. The van der Waals surface area contributed by atoms with Crippen molar-refractivity contribution in [1.82, 2.24) is 0 Å². The Morgan fingerprint density at radius 3 is 2.62 bits per heavy atom. The molecule has 1 aromatic carbocycles. The number of nitriles is 1. The quantitative estimate of drug-likeness (QED) is 0.0850. The number of Topliss-reactive ketones (excluding diaryl/α,β-unsaturated/α-hetero) is 1. The van der Waals surface area contributed by atoms with E-state index >= 15 is 0 Å². The average molecular weight is 468 g/mol. The number of rotatable bonds is 12. The number of ketones is 1. The molecular weight excluding hydrogens is 444 g/mol. The molecule has 0 bridgehead atoms. The lowest BCUT2D eigenvalue weighted by Crippen LogP contribution is -2.35. The highest BCUT2D eigenvalue weighted by molar-refractivity contribution is 6.08. The molecule has 1 aliphatic rings. The smallest absolute Gasteiger partial charge is 0.336 e. The van der Waals surface area contributed by atoms with Crippen LogP contribution in [0.4, 0.5) is 5.69 Å². The summed E-state index contributed by atoms with van der Waals surface area (Å²) >= 11 is 0. The molecule has 1 heterocycles. The van der Waals surface area contributed by atoms with E-state index in [0.717, 1.165) is 0 Å². The van der Waals surface area contributed by atoms with Crippen molar-refractivity contribution in [3.8, 4) is 6.07 Å². The molecule has 0 aromatic heterocycles. The number of nitro groups is 1. The molecular formula is C22H24N6O6. The van der Waals surface area contributed by atoms with Gasteiger partial charge in [-0.05, 0) is 31.4 Å². The second kappa shape index (κ2) is 12.8. The van der Waals surface area contributed by atoms with Gasteiger partial charge in [-0.1, -0.05) is 17.2 Å². The first kappa shape index (κ1) is 26.2. The maximum absolute atomic E-state index is 13.1. The van der Waals surface area contributed by atoms with E-state index in [1.165, 1.54) is 31.2 Å². The summed E-state index contributed by atoms with van der Waals surface area (Å²) in [5, 5.41) is 23.3. The first-order valence-electron chi connectivity index (χ1n) is 10.5. The molecule has 0 radical (unpaired) electrons. The van der Waals surface area contributed by atoms with Crippen molar-refractivity contribution in [2.45, 2.75) is 32.6 Å². The van der Waals surface area contributed by atoms with E-state index in [2.05, 4.69) is 15.0 Å². The Hall–Kier alpha value is -4.07. The van der Waals surface area contributed by atoms with Crippen molar-refractivity contribution < 1.29 is 24.0 Å². The number of hydrogen-bond donors (Lipinski definition) is 0. The molecule has 2 unspecified atom stereocenters. The Morgan fingerprint density at radius 2 is 2.03 bits per heavy atom. The van der Waals surface area contributed by atoms with Crippen LogP contribution >= 0.6 is 0 Å². The Labute approximate surface area is 195 Å². The van der Waals surface area contributed by atoms with Gasteiger partial charge in [0.2, 0.25) is 0 Å². The van der Waals surface area contributed by atoms with Crippen LogP contribution < -0.4 is 0 Å². The van der Waals surface area contributed by atoms with Gasteiger partial charge in [0, 0.05) is 41.8 Å². The number of hydrogen-bond acceptors (Lipinski definition) is 9. The number of azide groups is 1. The van der Waals surface area contributed by atoms with Crippen LogP contribution in [0, 0.1) is 27.4 Å².